The van der Waals surface area contributed by atoms with Crippen molar-refractivity contribution in [3.63, 3.8) is 0 Å². The predicted molar refractivity (Wildman–Crippen MR) is 135 cm³/mol. The Morgan fingerprint density at radius 1 is 0.972 bits per heavy atom. The van der Waals surface area contributed by atoms with Gasteiger partial charge in [-0.3, -0.25) is 9.20 Å². The van der Waals surface area contributed by atoms with Gasteiger partial charge in [-0.25, -0.2) is 13.4 Å². The van der Waals surface area contributed by atoms with Crippen molar-refractivity contribution >= 4 is 26.3 Å². The third kappa shape index (κ3) is 4.28. The molecule has 0 saturated carbocycles. The fraction of sp³-hybridized carbons (Fsp3) is 0.280. The van der Waals surface area contributed by atoms with Crippen LogP contribution in [0.15, 0.2) is 69.7 Å². The summed E-state index contributed by atoms with van der Waals surface area (Å²) < 4.78 is 40.6. The second-order valence-corrected chi connectivity index (χ2v) is 11.6. The van der Waals surface area contributed by atoms with Crippen molar-refractivity contribution in [2.75, 3.05) is 39.4 Å². The van der Waals surface area contributed by atoms with Crippen LogP contribution in [-0.2, 0) is 16.6 Å². The number of fused-ring (bicyclic) bond motifs is 2. The molecule has 1 fully saturated rings. The third-order valence-electron chi connectivity index (χ3n) is 6.54. The number of ether oxygens (including phenoxy) is 2. The van der Waals surface area contributed by atoms with Gasteiger partial charge in [-0.15, -0.1) is 11.3 Å². The fourth-order valence-corrected chi connectivity index (χ4v) is 7.05. The highest BCUT2D eigenvalue weighted by atomic mass is 32.2. The van der Waals surface area contributed by atoms with Gasteiger partial charge < -0.3 is 14.4 Å². The molecule has 0 spiro atoms. The van der Waals surface area contributed by atoms with Gasteiger partial charge in [0.05, 0.1) is 36.8 Å². The Balaban J connectivity index is 1.15. The predicted octanol–water partition coefficient (Wildman–Crippen LogP) is 1.28. The molecule has 0 radical (unpaired) electrons. The summed E-state index contributed by atoms with van der Waals surface area (Å²) in [4.78, 5) is 19.8. The van der Waals surface area contributed by atoms with E-state index in [1.54, 1.807) is 28.7 Å². The highest BCUT2D eigenvalue weighted by molar-refractivity contribution is 7.89. The number of aromatic nitrogens is 2. The lowest BCUT2D eigenvalue weighted by molar-refractivity contribution is -0.917. The number of thiazole rings is 1. The summed E-state index contributed by atoms with van der Waals surface area (Å²) in [6.45, 7) is 3.48. The fourth-order valence-electron chi connectivity index (χ4n) is 4.67. The van der Waals surface area contributed by atoms with Gasteiger partial charge in [0.1, 0.15) is 25.5 Å². The Morgan fingerprint density at radius 2 is 1.72 bits per heavy atom. The molecule has 2 aliphatic heterocycles. The molecule has 2 aromatic carbocycles. The summed E-state index contributed by atoms with van der Waals surface area (Å²) in [7, 11) is -3.63. The van der Waals surface area contributed by atoms with E-state index < -0.39 is 10.0 Å². The molecule has 9 nitrogen and oxygen atoms in total. The average Bonchev–Trinajstić information content (AvgIpc) is 3.34. The molecular formula is C25H25N4O5S2+. The minimum Gasteiger partial charge on any atom is -0.486 e. The maximum atomic E-state index is 13.2. The molecule has 4 aromatic rings. The van der Waals surface area contributed by atoms with Crippen molar-refractivity contribution in [3.05, 3.63) is 76.0 Å². The molecule has 1 N–H and O–H groups in total. The molecule has 36 heavy (non-hydrogen) atoms. The molecule has 0 bridgehead atoms. The van der Waals surface area contributed by atoms with Crippen LogP contribution in [0.3, 0.4) is 0 Å². The summed E-state index contributed by atoms with van der Waals surface area (Å²) >= 11 is 1.45. The van der Waals surface area contributed by atoms with Crippen LogP contribution in [0.4, 0.5) is 0 Å². The van der Waals surface area contributed by atoms with Gasteiger partial charge >= 0.3 is 0 Å². The lowest BCUT2D eigenvalue weighted by Gasteiger charge is -2.31. The number of quaternary nitrogens is 1. The number of hydrogen-bond acceptors (Lipinski definition) is 7. The van der Waals surface area contributed by atoms with Crippen LogP contribution >= 0.6 is 11.3 Å². The summed E-state index contributed by atoms with van der Waals surface area (Å²) in [5.74, 6) is 1.03. The number of rotatable bonds is 5. The molecular weight excluding hydrogens is 500 g/mol. The smallest absolute Gasteiger partial charge is 0.259 e. The van der Waals surface area contributed by atoms with Crippen molar-refractivity contribution in [2.24, 2.45) is 0 Å². The van der Waals surface area contributed by atoms with Gasteiger partial charge in [-0.2, -0.15) is 4.31 Å². The van der Waals surface area contributed by atoms with Crippen LogP contribution in [-0.4, -0.2) is 61.5 Å². The van der Waals surface area contributed by atoms with Gasteiger partial charge in [-0.05, 0) is 17.7 Å². The first-order chi connectivity index (χ1) is 17.5. The normalized spacial score (nSPS) is 16.9. The number of hydrogen-bond donors (Lipinski definition) is 1. The average molecular weight is 526 g/mol. The maximum absolute atomic E-state index is 13.2. The highest BCUT2D eigenvalue weighted by Gasteiger charge is 2.31. The van der Waals surface area contributed by atoms with E-state index in [4.69, 9.17) is 14.5 Å². The largest absolute Gasteiger partial charge is 0.486 e. The first kappa shape index (κ1) is 23.2. The summed E-state index contributed by atoms with van der Waals surface area (Å²) in [5.41, 5.74) is 2.43. The SMILES string of the molecule is O=c1cc(C[NH+]2CCN(S(=O)(=O)c3ccc4c(c3)OCCO4)CC2)nc2scc(-c3ccccc3)n12. The molecule has 186 valence electrons. The van der Waals surface area contributed by atoms with Crippen molar-refractivity contribution in [2.45, 2.75) is 11.4 Å². The minimum atomic E-state index is -3.63. The molecule has 4 heterocycles. The molecule has 0 aliphatic carbocycles. The number of nitrogens with one attached hydrogen (secondary N) is 1. The van der Waals surface area contributed by atoms with Crippen molar-refractivity contribution in [1.29, 1.82) is 0 Å². The zero-order chi connectivity index (χ0) is 24.7. The standard InChI is InChI=1S/C25H24N4O5S2/c30-24-14-19(26-25-29(24)21(17-35-25)18-4-2-1-3-5-18)16-27-8-10-28(11-9-27)36(31,32)20-6-7-22-23(15-20)34-13-12-33-22/h1-7,14-15,17H,8-13,16H2/p+1. The summed E-state index contributed by atoms with van der Waals surface area (Å²) in [6, 6.07) is 16.1. The Kier molecular flexibility index (Phi) is 6.00. The van der Waals surface area contributed by atoms with Gasteiger partial charge in [0.15, 0.2) is 16.5 Å². The maximum Gasteiger partial charge on any atom is 0.259 e. The van der Waals surface area contributed by atoms with Gasteiger partial charge in [0.2, 0.25) is 10.0 Å². The van der Waals surface area contributed by atoms with E-state index in [1.807, 2.05) is 35.7 Å². The number of piperazine rings is 1. The zero-order valence-electron chi connectivity index (χ0n) is 19.4. The molecule has 0 unspecified atom stereocenters. The summed E-state index contributed by atoms with van der Waals surface area (Å²) in [6.07, 6.45) is 0. The Bertz CT molecular complexity index is 1580. The van der Waals surface area contributed by atoms with Gasteiger partial charge in [-0.1, -0.05) is 30.3 Å². The Hall–Kier alpha value is -3.25. The quantitative estimate of drug-likeness (QED) is 0.422. The van der Waals surface area contributed by atoms with E-state index in [1.165, 1.54) is 20.5 Å². The lowest BCUT2D eigenvalue weighted by atomic mass is 10.2. The topological polar surface area (TPSA) is 94.7 Å². The van der Waals surface area contributed by atoms with Crippen molar-refractivity contribution < 1.29 is 22.8 Å². The summed E-state index contributed by atoms with van der Waals surface area (Å²) in [5, 5.41) is 1.96. The molecule has 2 aromatic heterocycles. The van der Waals surface area contributed by atoms with Crippen LogP contribution in [0, 0.1) is 0 Å². The monoisotopic (exact) mass is 525 g/mol. The number of benzene rings is 2. The third-order valence-corrected chi connectivity index (χ3v) is 9.26. The second kappa shape index (κ2) is 9.32. The van der Waals surface area contributed by atoms with E-state index in [0.717, 1.165) is 17.0 Å². The molecule has 2 aliphatic rings. The van der Waals surface area contributed by atoms with Gasteiger partial charge in [0.25, 0.3) is 5.56 Å². The van der Waals surface area contributed by atoms with Crippen LogP contribution in [0.5, 0.6) is 11.5 Å². The van der Waals surface area contributed by atoms with Crippen LogP contribution in [0.1, 0.15) is 5.69 Å². The van der Waals surface area contributed by atoms with Crippen LogP contribution < -0.4 is 19.9 Å². The Labute approximate surface area is 212 Å². The zero-order valence-corrected chi connectivity index (χ0v) is 21.1. The lowest BCUT2D eigenvalue weighted by Crippen LogP contribution is -3.13. The van der Waals surface area contributed by atoms with Crippen molar-refractivity contribution in [3.8, 4) is 22.8 Å². The minimum absolute atomic E-state index is 0.102. The van der Waals surface area contributed by atoms with Crippen LogP contribution in [0.2, 0.25) is 0 Å². The Morgan fingerprint density at radius 3 is 2.50 bits per heavy atom. The van der Waals surface area contributed by atoms with E-state index in [2.05, 4.69) is 0 Å². The molecule has 11 heteroatoms. The van der Waals surface area contributed by atoms with E-state index in [-0.39, 0.29) is 10.5 Å². The first-order valence-corrected chi connectivity index (χ1v) is 14.1. The molecule has 6 rings (SSSR count). The number of sulfonamides is 1. The van der Waals surface area contributed by atoms with Crippen LogP contribution in [0.25, 0.3) is 16.2 Å². The first-order valence-electron chi connectivity index (χ1n) is 11.8. The second-order valence-electron chi connectivity index (χ2n) is 8.83. The van der Waals surface area contributed by atoms with E-state index in [9.17, 15) is 13.2 Å². The molecule has 1 saturated heterocycles. The molecule has 0 amide bonds. The highest BCUT2D eigenvalue weighted by Crippen LogP contribution is 2.33. The number of nitrogens with zero attached hydrogens (tertiary/aromatic N) is 3. The van der Waals surface area contributed by atoms with E-state index in [0.29, 0.717) is 62.4 Å². The molecule has 0 atom stereocenters. The van der Waals surface area contributed by atoms with Crippen molar-refractivity contribution in [1.82, 2.24) is 13.7 Å². The van der Waals surface area contributed by atoms with E-state index >= 15 is 0 Å². The van der Waals surface area contributed by atoms with Gasteiger partial charge in [0, 0.05) is 17.5 Å².